The minimum absolute atomic E-state index is 0.0492. The van der Waals surface area contributed by atoms with E-state index in [0.29, 0.717) is 6.42 Å². The molecule has 0 saturated heterocycles. The van der Waals surface area contributed by atoms with Gasteiger partial charge >= 0.3 is 0 Å². The van der Waals surface area contributed by atoms with Crippen LogP contribution in [-0.4, -0.2) is 41.8 Å². The third-order valence-corrected chi connectivity index (χ3v) is 2.51. The van der Waals surface area contributed by atoms with Crippen molar-refractivity contribution in [3.8, 4) is 0 Å². The summed E-state index contributed by atoms with van der Waals surface area (Å²) < 4.78 is 0. The monoisotopic (exact) mass is 279 g/mol. The molecule has 1 atom stereocenters. The van der Waals surface area contributed by atoms with Gasteiger partial charge in [-0.2, -0.15) is 25.3 Å². The van der Waals surface area contributed by atoms with E-state index in [-0.39, 0.29) is 42.3 Å². The van der Waals surface area contributed by atoms with Gasteiger partial charge in [0.25, 0.3) is 0 Å². The number of rotatable bonds is 8. The van der Waals surface area contributed by atoms with Crippen molar-refractivity contribution in [3.05, 3.63) is 0 Å². The first-order valence-corrected chi connectivity index (χ1v) is 6.32. The van der Waals surface area contributed by atoms with E-state index >= 15 is 0 Å². The zero-order valence-electron chi connectivity index (χ0n) is 9.31. The van der Waals surface area contributed by atoms with Crippen LogP contribution in [-0.2, 0) is 14.4 Å². The van der Waals surface area contributed by atoms with Gasteiger partial charge in [-0.1, -0.05) is 0 Å². The zero-order valence-corrected chi connectivity index (χ0v) is 11.1. The molecule has 6 nitrogen and oxygen atoms in total. The summed E-state index contributed by atoms with van der Waals surface area (Å²) in [5.74, 6) is -0.826. The van der Waals surface area contributed by atoms with Crippen molar-refractivity contribution in [2.24, 2.45) is 5.73 Å². The number of carbonyl (C=O) groups is 3. The predicted molar refractivity (Wildman–Crippen MR) is 71.1 cm³/mol. The molecule has 0 bridgehead atoms. The summed E-state index contributed by atoms with van der Waals surface area (Å²) in [6.45, 7) is 0.242. The molecule has 17 heavy (non-hydrogen) atoms. The van der Waals surface area contributed by atoms with E-state index < -0.39 is 5.91 Å². The summed E-state index contributed by atoms with van der Waals surface area (Å²) in [6.07, 6.45) is 0.524. The highest BCUT2D eigenvalue weighted by Gasteiger charge is 2.13. The molecule has 0 aromatic heterocycles. The Morgan fingerprint density at radius 2 is 1.71 bits per heavy atom. The number of primary amides is 1. The molecule has 4 N–H and O–H groups in total. The second-order valence-corrected chi connectivity index (χ2v) is 4.02. The van der Waals surface area contributed by atoms with Gasteiger partial charge < -0.3 is 16.4 Å². The van der Waals surface area contributed by atoms with E-state index in [1.54, 1.807) is 0 Å². The molecule has 0 fully saturated rings. The normalized spacial score (nSPS) is 11.6. The van der Waals surface area contributed by atoms with E-state index in [0.717, 1.165) is 0 Å². The van der Waals surface area contributed by atoms with Crippen LogP contribution in [0.4, 0.5) is 0 Å². The molecular formula is C9H17N3O3S2. The lowest BCUT2D eigenvalue weighted by Crippen LogP contribution is -2.44. The maximum Gasteiger partial charge on any atom is 0.230 e. The van der Waals surface area contributed by atoms with Gasteiger partial charge in [0.15, 0.2) is 0 Å². The SMILES string of the molecule is NC(=O)CCC(CNC(=O)CS)NC(=O)CS. The average molecular weight is 279 g/mol. The quantitative estimate of drug-likeness (QED) is 0.357. The lowest BCUT2D eigenvalue weighted by molar-refractivity contribution is -0.121. The van der Waals surface area contributed by atoms with Crippen LogP contribution in [0, 0.1) is 0 Å². The maximum atomic E-state index is 11.1. The highest BCUT2D eigenvalue weighted by Crippen LogP contribution is 1.96. The van der Waals surface area contributed by atoms with Gasteiger partial charge in [0.1, 0.15) is 0 Å². The van der Waals surface area contributed by atoms with Crippen LogP contribution in [0.15, 0.2) is 0 Å². The Hall–Kier alpha value is -0.890. The fraction of sp³-hybridized carbons (Fsp3) is 0.667. The fourth-order valence-corrected chi connectivity index (χ4v) is 1.31. The molecule has 98 valence electrons. The molecule has 0 heterocycles. The third kappa shape index (κ3) is 8.87. The fourth-order valence-electron chi connectivity index (χ4n) is 1.11. The largest absolute Gasteiger partial charge is 0.370 e. The first-order chi connectivity index (χ1) is 7.99. The Morgan fingerprint density at radius 1 is 1.12 bits per heavy atom. The number of carbonyl (C=O) groups excluding carboxylic acids is 3. The van der Waals surface area contributed by atoms with Gasteiger partial charge in [0.05, 0.1) is 11.5 Å². The van der Waals surface area contributed by atoms with E-state index in [1.165, 1.54) is 0 Å². The Kier molecular flexibility index (Phi) is 8.69. The Morgan fingerprint density at radius 3 is 2.18 bits per heavy atom. The molecule has 0 rings (SSSR count). The van der Waals surface area contributed by atoms with Crippen LogP contribution in [0.3, 0.4) is 0 Å². The Balaban J connectivity index is 4.14. The van der Waals surface area contributed by atoms with Crippen molar-refractivity contribution >= 4 is 43.0 Å². The molecule has 0 aliphatic carbocycles. The summed E-state index contributed by atoms with van der Waals surface area (Å²) in [4.78, 5) is 32.8. The smallest absolute Gasteiger partial charge is 0.230 e. The summed E-state index contributed by atoms with van der Waals surface area (Å²) in [5.41, 5.74) is 5.02. The van der Waals surface area contributed by atoms with Crippen LogP contribution < -0.4 is 16.4 Å². The van der Waals surface area contributed by atoms with Gasteiger partial charge in [-0.15, -0.1) is 0 Å². The third-order valence-electron chi connectivity index (χ3n) is 1.94. The molecule has 0 aliphatic rings. The van der Waals surface area contributed by atoms with E-state index in [9.17, 15) is 14.4 Å². The summed E-state index contributed by atoms with van der Waals surface area (Å²) in [6, 6.07) is -0.328. The molecule has 8 heteroatoms. The van der Waals surface area contributed by atoms with Gasteiger partial charge in [0.2, 0.25) is 17.7 Å². The number of amides is 3. The topological polar surface area (TPSA) is 101 Å². The highest BCUT2D eigenvalue weighted by atomic mass is 32.1. The number of hydrogen-bond donors (Lipinski definition) is 5. The minimum atomic E-state index is -0.448. The standard InChI is InChI=1S/C9H17N3O3S2/c10-7(13)2-1-6(12-9(15)5-17)3-11-8(14)4-16/h6,16-17H,1-5H2,(H2,10,13)(H,11,14)(H,12,15). The van der Waals surface area contributed by atoms with E-state index in [2.05, 4.69) is 35.9 Å². The van der Waals surface area contributed by atoms with Crippen molar-refractivity contribution in [2.45, 2.75) is 18.9 Å². The minimum Gasteiger partial charge on any atom is -0.370 e. The van der Waals surface area contributed by atoms with Crippen molar-refractivity contribution in [3.63, 3.8) is 0 Å². The van der Waals surface area contributed by atoms with Gasteiger partial charge in [0, 0.05) is 19.0 Å². The van der Waals surface area contributed by atoms with Crippen molar-refractivity contribution < 1.29 is 14.4 Å². The van der Waals surface area contributed by atoms with Crippen LogP contribution in [0.1, 0.15) is 12.8 Å². The first kappa shape index (κ1) is 16.1. The lowest BCUT2D eigenvalue weighted by Gasteiger charge is -2.18. The van der Waals surface area contributed by atoms with Crippen LogP contribution in [0.25, 0.3) is 0 Å². The van der Waals surface area contributed by atoms with Crippen molar-refractivity contribution in [2.75, 3.05) is 18.1 Å². The molecule has 3 amide bonds. The number of hydrogen-bond acceptors (Lipinski definition) is 5. The average Bonchev–Trinajstić information content (AvgIpc) is 2.31. The van der Waals surface area contributed by atoms with Crippen LogP contribution in [0.5, 0.6) is 0 Å². The maximum absolute atomic E-state index is 11.1. The highest BCUT2D eigenvalue weighted by molar-refractivity contribution is 7.81. The molecule has 0 spiro atoms. The summed E-state index contributed by atoms with van der Waals surface area (Å²) in [7, 11) is 0. The van der Waals surface area contributed by atoms with Crippen molar-refractivity contribution in [1.29, 1.82) is 0 Å². The number of thiol groups is 2. The molecule has 0 aliphatic heterocycles. The second kappa shape index (κ2) is 9.17. The molecule has 0 aromatic rings. The van der Waals surface area contributed by atoms with Crippen molar-refractivity contribution in [1.82, 2.24) is 10.6 Å². The molecular weight excluding hydrogens is 262 g/mol. The van der Waals surface area contributed by atoms with E-state index in [1.807, 2.05) is 0 Å². The summed E-state index contributed by atoms with van der Waals surface area (Å²) >= 11 is 7.63. The molecule has 0 aromatic carbocycles. The second-order valence-electron chi connectivity index (χ2n) is 3.39. The van der Waals surface area contributed by atoms with Gasteiger partial charge in [-0.05, 0) is 6.42 Å². The predicted octanol–water partition coefficient (Wildman–Crippen LogP) is -1.29. The Bertz CT molecular complexity index is 287. The first-order valence-electron chi connectivity index (χ1n) is 5.05. The molecule has 0 saturated carbocycles. The molecule has 0 radical (unpaired) electrons. The lowest BCUT2D eigenvalue weighted by atomic mass is 10.1. The van der Waals surface area contributed by atoms with E-state index in [4.69, 9.17) is 5.73 Å². The van der Waals surface area contributed by atoms with Crippen LogP contribution >= 0.6 is 25.3 Å². The molecule has 1 unspecified atom stereocenters. The van der Waals surface area contributed by atoms with Gasteiger partial charge in [-0.3, -0.25) is 14.4 Å². The number of nitrogens with two attached hydrogens (primary N) is 1. The zero-order chi connectivity index (χ0) is 13.3. The Labute approximate surface area is 111 Å². The van der Waals surface area contributed by atoms with Gasteiger partial charge in [-0.25, -0.2) is 0 Å². The number of nitrogens with one attached hydrogen (secondary N) is 2. The van der Waals surface area contributed by atoms with Crippen LogP contribution in [0.2, 0.25) is 0 Å². The summed E-state index contributed by atoms with van der Waals surface area (Å²) in [5, 5.41) is 5.22.